The molecule has 2 aromatic rings. The first-order valence-corrected chi connectivity index (χ1v) is 6.62. The van der Waals surface area contributed by atoms with Gasteiger partial charge in [-0.3, -0.25) is 0 Å². The quantitative estimate of drug-likeness (QED) is 0.892. The summed E-state index contributed by atoms with van der Waals surface area (Å²) in [5, 5.41) is 4.19. The molecule has 3 rings (SSSR count). The monoisotopic (exact) mass is 237 g/mol. The molecule has 1 N–H and O–H groups in total. The van der Waals surface area contributed by atoms with E-state index >= 15 is 0 Å². The molecule has 1 aliphatic rings. The Morgan fingerprint density at radius 1 is 1.40 bits per heavy atom. The van der Waals surface area contributed by atoms with Crippen LogP contribution in [0.3, 0.4) is 0 Å². The van der Waals surface area contributed by atoms with Crippen LogP contribution in [0.15, 0.2) is 12.4 Å². The van der Waals surface area contributed by atoms with Crippen LogP contribution in [-0.4, -0.2) is 9.36 Å². The zero-order valence-electron chi connectivity index (χ0n) is 8.19. The third-order valence-corrected chi connectivity index (χ3v) is 4.43. The van der Waals surface area contributed by atoms with Gasteiger partial charge in [0.05, 0.1) is 6.54 Å². The predicted octanol–water partition coefficient (Wildman–Crippen LogP) is 2.70. The molecule has 0 radical (unpaired) electrons. The number of anilines is 1. The molecule has 0 unspecified atom stereocenters. The van der Waals surface area contributed by atoms with Crippen molar-refractivity contribution in [2.24, 2.45) is 0 Å². The maximum absolute atomic E-state index is 4.10. The van der Waals surface area contributed by atoms with Crippen molar-refractivity contribution in [2.75, 3.05) is 5.32 Å². The number of thiophene rings is 1. The lowest BCUT2D eigenvalue weighted by atomic mass is 10.2. The van der Waals surface area contributed by atoms with Crippen LogP contribution >= 0.6 is 22.9 Å². The summed E-state index contributed by atoms with van der Waals surface area (Å²) in [4.78, 5) is 7.09. The summed E-state index contributed by atoms with van der Waals surface area (Å²) in [7, 11) is 0. The van der Waals surface area contributed by atoms with Crippen molar-refractivity contribution in [1.29, 1.82) is 0 Å². The van der Waals surface area contributed by atoms with E-state index in [0.717, 1.165) is 11.7 Å². The van der Waals surface area contributed by atoms with Gasteiger partial charge in [-0.15, -0.1) is 11.3 Å². The van der Waals surface area contributed by atoms with Crippen LogP contribution in [0.1, 0.15) is 21.7 Å². The third-order valence-electron chi connectivity index (χ3n) is 2.57. The van der Waals surface area contributed by atoms with E-state index < -0.39 is 0 Å². The third kappa shape index (κ3) is 1.89. The summed E-state index contributed by atoms with van der Waals surface area (Å²) in [6, 6.07) is 2.33. The summed E-state index contributed by atoms with van der Waals surface area (Å²) < 4.78 is 3.96. The van der Waals surface area contributed by atoms with Crippen molar-refractivity contribution in [3.8, 4) is 0 Å². The van der Waals surface area contributed by atoms with Crippen molar-refractivity contribution in [2.45, 2.75) is 25.8 Å². The van der Waals surface area contributed by atoms with E-state index in [1.54, 1.807) is 16.8 Å². The van der Waals surface area contributed by atoms with Crippen LogP contribution in [0, 0.1) is 0 Å². The Morgan fingerprint density at radius 2 is 2.40 bits per heavy atom. The van der Waals surface area contributed by atoms with Gasteiger partial charge in [-0.05, 0) is 30.9 Å². The fraction of sp³-hybridized carbons (Fsp3) is 0.400. The van der Waals surface area contributed by atoms with E-state index in [4.69, 9.17) is 0 Å². The maximum Gasteiger partial charge on any atom is 0.202 e. The van der Waals surface area contributed by atoms with Gasteiger partial charge in [0.25, 0.3) is 0 Å². The molecule has 2 aromatic heterocycles. The van der Waals surface area contributed by atoms with Crippen molar-refractivity contribution in [1.82, 2.24) is 9.36 Å². The van der Waals surface area contributed by atoms with Gasteiger partial charge in [0, 0.05) is 21.3 Å². The van der Waals surface area contributed by atoms with Gasteiger partial charge < -0.3 is 5.32 Å². The fourth-order valence-corrected chi connectivity index (χ4v) is 3.52. The highest BCUT2D eigenvalue weighted by Crippen LogP contribution is 2.30. The smallest absolute Gasteiger partial charge is 0.202 e. The summed E-state index contributed by atoms with van der Waals surface area (Å²) in [6.07, 6.45) is 5.47. The first-order chi connectivity index (χ1) is 7.42. The number of nitrogens with zero attached hydrogens (tertiary/aromatic N) is 2. The van der Waals surface area contributed by atoms with Gasteiger partial charge in [-0.2, -0.15) is 4.37 Å². The molecule has 78 valence electrons. The summed E-state index contributed by atoms with van der Waals surface area (Å²) in [6.45, 7) is 0.882. The standard InChI is InChI=1S/C10H11N3S2/c1-2-7-4-8(14-9(7)3-1)5-11-10-12-6-13-15-10/h4,6H,1-3,5H2,(H,11,12,13). The summed E-state index contributed by atoms with van der Waals surface area (Å²) in [5.41, 5.74) is 1.56. The molecule has 1 aliphatic carbocycles. The normalized spacial score (nSPS) is 14.1. The Balaban J connectivity index is 1.67. The second-order valence-electron chi connectivity index (χ2n) is 3.61. The van der Waals surface area contributed by atoms with Gasteiger partial charge in [0.1, 0.15) is 6.33 Å². The number of aromatic nitrogens is 2. The van der Waals surface area contributed by atoms with Crippen molar-refractivity contribution in [3.63, 3.8) is 0 Å². The van der Waals surface area contributed by atoms with Crippen LogP contribution in [0.2, 0.25) is 0 Å². The molecule has 0 saturated carbocycles. The first-order valence-electron chi connectivity index (χ1n) is 5.03. The Morgan fingerprint density at radius 3 is 3.20 bits per heavy atom. The molecule has 15 heavy (non-hydrogen) atoms. The van der Waals surface area contributed by atoms with Gasteiger partial charge in [0.2, 0.25) is 5.13 Å². The Kier molecular flexibility index (Phi) is 2.42. The van der Waals surface area contributed by atoms with Crippen LogP contribution in [0.5, 0.6) is 0 Å². The topological polar surface area (TPSA) is 37.8 Å². The lowest BCUT2D eigenvalue weighted by Gasteiger charge is -1.98. The number of fused-ring (bicyclic) bond motifs is 1. The highest BCUT2D eigenvalue weighted by atomic mass is 32.1. The van der Waals surface area contributed by atoms with E-state index in [1.807, 2.05) is 11.3 Å². The number of nitrogens with one attached hydrogen (secondary N) is 1. The van der Waals surface area contributed by atoms with E-state index in [-0.39, 0.29) is 0 Å². The minimum Gasteiger partial charge on any atom is -0.355 e. The van der Waals surface area contributed by atoms with E-state index in [9.17, 15) is 0 Å². The zero-order chi connectivity index (χ0) is 10.1. The van der Waals surface area contributed by atoms with Crippen molar-refractivity contribution >= 4 is 28.0 Å². The van der Waals surface area contributed by atoms with Crippen molar-refractivity contribution in [3.05, 3.63) is 27.7 Å². The molecule has 0 bridgehead atoms. The minimum absolute atomic E-state index is 0.882. The lowest BCUT2D eigenvalue weighted by molar-refractivity contribution is 0.913. The Bertz CT molecular complexity index is 426. The number of rotatable bonds is 3. The van der Waals surface area contributed by atoms with E-state index in [2.05, 4.69) is 20.7 Å². The van der Waals surface area contributed by atoms with Crippen molar-refractivity contribution < 1.29 is 0 Å². The molecule has 0 aromatic carbocycles. The second-order valence-corrected chi connectivity index (χ2v) is 5.62. The minimum atomic E-state index is 0.882. The van der Waals surface area contributed by atoms with Crippen LogP contribution < -0.4 is 5.32 Å². The average molecular weight is 237 g/mol. The molecule has 0 amide bonds. The second kappa shape index (κ2) is 3.90. The van der Waals surface area contributed by atoms with E-state index in [0.29, 0.717) is 0 Å². The summed E-state index contributed by atoms with van der Waals surface area (Å²) in [5.74, 6) is 0. The molecular formula is C10H11N3S2. The van der Waals surface area contributed by atoms with Gasteiger partial charge >= 0.3 is 0 Å². The summed E-state index contributed by atoms with van der Waals surface area (Å²) >= 11 is 3.34. The highest BCUT2D eigenvalue weighted by molar-refractivity contribution is 7.12. The largest absolute Gasteiger partial charge is 0.355 e. The molecular weight excluding hydrogens is 226 g/mol. The molecule has 0 saturated heterocycles. The number of hydrogen-bond donors (Lipinski definition) is 1. The van der Waals surface area contributed by atoms with Gasteiger partial charge in [0.15, 0.2) is 0 Å². The zero-order valence-corrected chi connectivity index (χ0v) is 9.83. The van der Waals surface area contributed by atoms with Gasteiger partial charge in [-0.25, -0.2) is 4.98 Å². The van der Waals surface area contributed by atoms with Crippen LogP contribution in [0.4, 0.5) is 5.13 Å². The molecule has 0 fully saturated rings. The fourth-order valence-electron chi connectivity index (χ4n) is 1.89. The van der Waals surface area contributed by atoms with Gasteiger partial charge in [-0.1, -0.05) is 0 Å². The highest BCUT2D eigenvalue weighted by Gasteiger charge is 2.14. The van der Waals surface area contributed by atoms with Crippen LogP contribution in [0.25, 0.3) is 0 Å². The van der Waals surface area contributed by atoms with E-state index in [1.165, 1.54) is 35.7 Å². The molecule has 3 nitrogen and oxygen atoms in total. The molecule has 5 heteroatoms. The maximum atomic E-state index is 4.10. The molecule has 2 heterocycles. The number of hydrogen-bond acceptors (Lipinski definition) is 5. The predicted molar refractivity (Wildman–Crippen MR) is 63.6 cm³/mol. The number of aryl methyl sites for hydroxylation is 2. The molecule has 0 atom stereocenters. The Labute approximate surface area is 96.4 Å². The SMILES string of the molecule is c1nsc(NCc2cc3c(s2)CCC3)n1. The first kappa shape index (κ1) is 9.30. The Hall–Kier alpha value is -0.940. The molecule has 0 aliphatic heterocycles. The lowest BCUT2D eigenvalue weighted by Crippen LogP contribution is -1.96. The van der Waals surface area contributed by atoms with Crippen LogP contribution in [-0.2, 0) is 19.4 Å². The average Bonchev–Trinajstić information content (AvgIpc) is 2.91. The molecule has 0 spiro atoms.